The molecule has 0 atom stereocenters. The van der Waals surface area contributed by atoms with Crippen LogP contribution in [0.3, 0.4) is 0 Å². The molecule has 0 saturated carbocycles. The molecule has 0 amide bonds. The Morgan fingerprint density at radius 3 is 2.03 bits per heavy atom. The Morgan fingerprint density at radius 2 is 1.36 bits per heavy atom. The van der Waals surface area contributed by atoms with Crippen molar-refractivity contribution in [2.75, 3.05) is 0 Å². The zero-order chi connectivity index (χ0) is 24.0. The third-order valence-electron chi connectivity index (χ3n) is 4.46. The maximum atomic E-state index is 12.5. The summed E-state index contributed by atoms with van der Waals surface area (Å²) in [4.78, 5) is 69.9. The van der Waals surface area contributed by atoms with Crippen LogP contribution in [0.5, 0.6) is 11.5 Å². The number of aldehydes is 3. The highest BCUT2D eigenvalue weighted by atomic mass is 16.5. The van der Waals surface area contributed by atoms with Crippen LogP contribution >= 0.6 is 0 Å². The molecule has 0 fully saturated rings. The molecule has 3 rings (SSSR count). The van der Waals surface area contributed by atoms with Gasteiger partial charge in [-0.15, -0.1) is 0 Å². The average molecular weight is 446 g/mol. The van der Waals surface area contributed by atoms with Gasteiger partial charge in [0, 0.05) is 11.1 Å². The predicted octanol–water partition coefficient (Wildman–Crippen LogP) is 3.26. The van der Waals surface area contributed by atoms with Crippen molar-refractivity contribution in [1.82, 2.24) is 0 Å². The highest BCUT2D eigenvalue weighted by Crippen LogP contribution is 2.24. The molecule has 0 spiro atoms. The van der Waals surface area contributed by atoms with E-state index < -0.39 is 17.9 Å². The largest absolute Gasteiger partial charge is 0.478 e. The number of carboxylic acids is 1. The first-order chi connectivity index (χ1) is 15.9. The van der Waals surface area contributed by atoms with Crippen LogP contribution in [-0.2, 0) is 0 Å². The number of aromatic carboxylic acids is 1. The molecule has 0 bridgehead atoms. The summed E-state index contributed by atoms with van der Waals surface area (Å²) < 4.78 is 10.3. The van der Waals surface area contributed by atoms with Gasteiger partial charge in [-0.2, -0.15) is 0 Å². The van der Waals surface area contributed by atoms with Gasteiger partial charge < -0.3 is 14.6 Å². The molecule has 3 aromatic carbocycles. The maximum absolute atomic E-state index is 12.5. The lowest BCUT2D eigenvalue weighted by molar-refractivity contribution is 0.0678. The van der Waals surface area contributed by atoms with E-state index >= 15 is 0 Å². The third-order valence-corrected chi connectivity index (χ3v) is 4.46. The Kier molecular flexibility index (Phi) is 6.84. The lowest BCUT2D eigenvalue weighted by Gasteiger charge is -2.11. The van der Waals surface area contributed by atoms with Crippen molar-refractivity contribution >= 4 is 36.8 Å². The van der Waals surface area contributed by atoms with Crippen molar-refractivity contribution in [3.8, 4) is 11.5 Å². The van der Waals surface area contributed by atoms with Gasteiger partial charge in [0.25, 0.3) is 0 Å². The summed E-state index contributed by atoms with van der Waals surface area (Å²) >= 11 is 0. The molecule has 9 nitrogen and oxygen atoms in total. The summed E-state index contributed by atoms with van der Waals surface area (Å²) in [5, 5.41) is 9.25. The van der Waals surface area contributed by atoms with Crippen molar-refractivity contribution in [3.63, 3.8) is 0 Å². The van der Waals surface area contributed by atoms with Crippen LogP contribution < -0.4 is 9.47 Å². The lowest BCUT2D eigenvalue weighted by atomic mass is 10.1. The molecule has 0 unspecified atom stereocenters. The number of carboxylic acid groups (broad SMARTS) is 1. The molecule has 0 aliphatic heterocycles. The minimum atomic E-state index is -1.37. The van der Waals surface area contributed by atoms with Crippen LogP contribution in [0.25, 0.3) is 0 Å². The van der Waals surface area contributed by atoms with E-state index in [0.717, 1.165) is 18.2 Å². The average Bonchev–Trinajstić information content (AvgIpc) is 2.83. The van der Waals surface area contributed by atoms with Gasteiger partial charge in [-0.3, -0.25) is 14.4 Å². The fraction of sp³-hybridized carbons (Fsp3) is 0. The SMILES string of the molecule is O=Cc1ccc(C(=O)O)c(OC(=O)c2ccc(OC(=O)c3ccccc3C=O)c(C=O)c2)c1. The Balaban J connectivity index is 1.87. The molecule has 0 saturated heterocycles. The topological polar surface area (TPSA) is 141 Å². The minimum absolute atomic E-state index is 0.0101. The number of esters is 2. The normalized spacial score (nSPS) is 10.1. The number of hydrogen-bond donors (Lipinski definition) is 1. The Hall–Kier alpha value is -4.92. The number of carbonyl (C=O) groups is 6. The van der Waals surface area contributed by atoms with E-state index in [4.69, 9.17) is 9.47 Å². The van der Waals surface area contributed by atoms with Crippen molar-refractivity contribution in [1.29, 1.82) is 0 Å². The van der Waals surface area contributed by atoms with E-state index in [1.165, 1.54) is 36.4 Å². The van der Waals surface area contributed by atoms with E-state index in [0.29, 0.717) is 18.9 Å². The second-order valence-corrected chi connectivity index (χ2v) is 6.53. The maximum Gasteiger partial charge on any atom is 0.344 e. The molecule has 9 heteroatoms. The summed E-state index contributed by atoms with van der Waals surface area (Å²) in [6, 6.07) is 12.8. The second-order valence-electron chi connectivity index (χ2n) is 6.53. The van der Waals surface area contributed by atoms with Crippen molar-refractivity contribution < 1.29 is 43.3 Å². The van der Waals surface area contributed by atoms with Gasteiger partial charge in [-0.25, -0.2) is 14.4 Å². The van der Waals surface area contributed by atoms with E-state index in [1.54, 1.807) is 6.07 Å². The fourth-order valence-electron chi connectivity index (χ4n) is 2.83. The number of hydrogen-bond acceptors (Lipinski definition) is 8. The number of benzene rings is 3. The first-order valence-electron chi connectivity index (χ1n) is 9.28. The molecule has 0 aliphatic rings. The Morgan fingerprint density at radius 1 is 0.667 bits per heavy atom. The summed E-state index contributed by atoms with van der Waals surface area (Å²) in [6.45, 7) is 0. The summed E-state index contributed by atoms with van der Waals surface area (Å²) in [6.07, 6.45) is 1.29. The van der Waals surface area contributed by atoms with Crippen LogP contribution in [0.1, 0.15) is 62.1 Å². The van der Waals surface area contributed by atoms with Crippen LogP contribution in [0.2, 0.25) is 0 Å². The van der Waals surface area contributed by atoms with Gasteiger partial charge in [-0.1, -0.05) is 24.3 Å². The van der Waals surface area contributed by atoms with E-state index in [1.807, 2.05) is 0 Å². The van der Waals surface area contributed by atoms with Gasteiger partial charge >= 0.3 is 17.9 Å². The predicted molar refractivity (Wildman–Crippen MR) is 112 cm³/mol. The van der Waals surface area contributed by atoms with Crippen LogP contribution in [0, 0.1) is 0 Å². The molecular formula is C24H14O9. The molecule has 33 heavy (non-hydrogen) atoms. The molecule has 3 aromatic rings. The van der Waals surface area contributed by atoms with Crippen LogP contribution in [0.4, 0.5) is 0 Å². The number of ether oxygens (including phenoxy) is 2. The summed E-state index contributed by atoms with van der Waals surface area (Å²) in [5.74, 6) is -3.78. The molecule has 0 heterocycles. The van der Waals surface area contributed by atoms with Crippen LogP contribution in [-0.4, -0.2) is 41.9 Å². The molecule has 0 aromatic heterocycles. The summed E-state index contributed by atoms with van der Waals surface area (Å²) in [5.41, 5.74) is -0.469. The highest BCUT2D eigenvalue weighted by Gasteiger charge is 2.20. The minimum Gasteiger partial charge on any atom is -0.478 e. The standard InChI is InChI=1S/C24H14O9/c25-11-14-5-7-19(22(28)29)21(9-14)33-23(30)15-6-8-20(17(10-15)13-27)32-24(31)18-4-2-1-3-16(18)12-26/h1-13H,(H,28,29). The Labute approximate surface area is 186 Å². The van der Waals surface area contributed by atoms with Gasteiger partial charge in [0.2, 0.25) is 0 Å². The van der Waals surface area contributed by atoms with Crippen molar-refractivity contribution in [3.05, 3.63) is 94.0 Å². The van der Waals surface area contributed by atoms with Crippen molar-refractivity contribution in [2.45, 2.75) is 0 Å². The first kappa shape index (κ1) is 22.8. The zero-order valence-electron chi connectivity index (χ0n) is 16.7. The molecule has 1 N–H and O–H groups in total. The zero-order valence-corrected chi connectivity index (χ0v) is 16.7. The number of carbonyl (C=O) groups excluding carboxylic acids is 5. The second kappa shape index (κ2) is 9.92. The smallest absolute Gasteiger partial charge is 0.344 e. The monoisotopic (exact) mass is 446 g/mol. The fourth-order valence-corrected chi connectivity index (χ4v) is 2.83. The number of rotatable bonds is 8. The van der Waals surface area contributed by atoms with E-state index in [9.17, 15) is 33.9 Å². The van der Waals surface area contributed by atoms with Gasteiger partial charge in [-0.05, 0) is 36.4 Å². The molecule has 0 aliphatic carbocycles. The molecular weight excluding hydrogens is 432 g/mol. The quantitative estimate of drug-likeness (QED) is 0.313. The third kappa shape index (κ3) is 5.05. The first-order valence-corrected chi connectivity index (χ1v) is 9.28. The highest BCUT2D eigenvalue weighted by molar-refractivity contribution is 6.01. The molecule has 164 valence electrons. The van der Waals surface area contributed by atoms with Crippen LogP contribution in [0.15, 0.2) is 60.7 Å². The van der Waals surface area contributed by atoms with Gasteiger partial charge in [0.1, 0.15) is 23.3 Å². The van der Waals surface area contributed by atoms with E-state index in [-0.39, 0.29) is 44.9 Å². The van der Waals surface area contributed by atoms with Crippen molar-refractivity contribution in [2.24, 2.45) is 0 Å². The van der Waals surface area contributed by atoms with Gasteiger partial charge in [0.05, 0.1) is 16.7 Å². The lowest BCUT2D eigenvalue weighted by Crippen LogP contribution is -2.14. The van der Waals surface area contributed by atoms with Gasteiger partial charge in [0.15, 0.2) is 12.6 Å². The molecule has 0 radical (unpaired) electrons. The van der Waals surface area contributed by atoms with E-state index in [2.05, 4.69) is 0 Å². The summed E-state index contributed by atoms with van der Waals surface area (Å²) in [7, 11) is 0. The Bertz CT molecular complexity index is 1290.